The first-order chi connectivity index (χ1) is 28.6. The van der Waals surface area contributed by atoms with Gasteiger partial charge in [0.25, 0.3) is 5.91 Å². The van der Waals surface area contributed by atoms with Crippen LogP contribution in [-0.2, 0) is 19.1 Å². The van der Waals surface area contributed by atoms with Crippen molar-refractivity contribution in [2.24, 2.45) is 15.9 Å². The highest BCUT2D eigenvalue weighted by molar-refractivity contribution is 7.30. The topological polar surface area (TPSA) is 142 Å². The van der Waals surface area contributed by atoms with Crippen LogP contribution in [0.25, 0.3) is 31.0 Å². The zero-order chi connectivity index (χ0) is 41.2. The van der Waals surface area contributed by atoms with Gasteiger partial charge in [-0.25, -0.2) is 9.59 Å². The summed E-state index contributed by atoms with van der Waals surface area (Å²) >= 11 is 3.53. The maximum atomic E-state index is 13.9. The first-order valence-electron chi connectivity index (χ1n) is 19.8. The van der Waals surface area contributed by atoms with E-state index in [9.17, 15) is 19.2 Å². The van der Waals surface area contributed by atoms with Crippen LogP contribution in [0.5, 0.6) is 0 Å². The van der Waals surface area contributed by atoms with Crippen molar-refractivity contribution in [2.75, 3.05) is 27.3 Å². The summed E-state index contributed by atoms with van der Waals surface area (Å²) in [5, 5.41) is 5.44. The van der Waals surface area contributed by atoms with Gasteiger partial charge < -0.3 is 29.9 Å². The minimum atomic E-state index is -0.886. The molecular formula is C45H46N6O6S2. The molecule has 1 saturated heterocycles. The molecule has 4 amide bonds. The Morgan fingerprint density at radius 1 is 0.763 bits per heavy atom. The van der Waals surface area contributed by atoms with Crippen LogP contribution >= 0.6 is 22.7 Å². The summed E-state index contributed by atoms with van der Waals surface area (Å²) in [6.07, 6.45) is 9.59. The number of nitrogens with zero attached hydrogens (tertiary/aromatic N) is 4. The van der Waals surface area contributed by atoms with Gasteiger partial charge in [-0.05, 0) is 58.7 Å². The average Bonchev–Trinajstić information content (AvgIpc) is 4.10. The largest absolute Gasteiger partial charge is 0.453 e. The number of nitrogens with one attached hydrogen (secondary N) is 2. The number of alkyl carbamates (subject to hydrolysis) is 2. The number of hydrogen-bond donors (Lipinski definition) is 2. The van der Waals surface area contributed by atoms with Crippen LogP contribution in [-0.4, -0.2) is 90.7 Å². The van der Waals surface area contributed by atoms with E-state index in [2.05, 4.69) is 47.0 Å². The molecular weight excluding hydrogens is 785 g/mol. The molecule has 14 heteroatoms. The smallest absolute Gasteiger partial charge is 0.407 e. The molecule has 59 heavy (non-hydrogen) atoms. The molecule has 2 aromatic heterocycles. The molecule has 4 aliphatic heterocycles. The monoisotopic (exact) mass is 830 g/mol. The normalized spacial score (nSPS) is 19.7. The first kappa shape index (κ1) is 39.9. The summed E-state index contributed by atoms with van der Waals surface area (Å²) in [5.41, 5.74) is 7.01. The highest BCUT2D eigenvalue weighted by Crippen LogP contribution is 2.43. The number of allylic oxidation sites excluding steroid dienone is 2. The van der Waals surface area contributed by atoms with Crippen molar-refractivity contribution < 1.29 is 28.7 Å². The van der Waals surface area contributed by atoms with E-state index in [1.165, 1.54) is 33.4 Å². The standard InChI is InChI=1S/C45H46N6O6S2/c1-26(2)40(48-44(54)56-3)42(52)50-18-8-13-35(50)33-21-31(25-47-33)37-23-39-38(59-37)22-36(58-39)28-16-14-27(15-17-28)30-20-32(46-24-30)34-12-9-19-51(34)43(53)41(49-45(55)57-4)29-10-6-5-7-11-29/h5-7,9-12,14-17,22-26,34-35,40-41H,8,13,18-21H2,1-4H3,(H,48,54)(H,49,55)/t34-,35-,40-,41+/m0/s1. The molecule has 0 spiro atoms. The zero-order valence-electron chi connectivity index (χ0n) is 33.3. The number of carbonyl (C=O) groups excluding carboxylic acids is 4. The number of methoxy groups -OCH3 is 2. The van der Waals surface area contributed by atoms with Crippen LogP contribution in [0.4, 0.5) is 9.59 Å². The van der Waals surface area contributed by atoms with E-state index in [1.807, 2.05) is 73.6 Å². The molecule has 0 radical (unpaired) electrons. The van der Waals surface area contributed by atoms with E-state index in [-0.39, 0.29) is 29.8 Å². The van der Waals surface area contributed by atoms with Gasteiger partial charge in [-0.15, -0.1) is 22.7 Å². The van der Waals surface area contributed by atoms with Gasteiger partial charge in [-0.3, -0.25) is 19.6 Å². The quantitative estimate of drug-likeness (QED) is 0.146. The summed E-state index contributed by atoms with van der Waals surface area (Å²) in [4.78, 5) is 67.3. The van der Waals surface area contributed by atoms with E-state index in [0.29, 0.717) is 31.5 Å². The maximum absolute atomic E-state index is 13.9. The molecule has 2 aromatic carbocycles. The van der Waals surface area contributed by atoms with Crippen LogP contribution in [0.15, 0.2) is 101 Å². The molecule has 0 aliphatic carbocycles. The van der Waals surface area contributed by atoms with Crippen LogP contribution in [0.1, 0.15) is 61.6 Å². The lowest BCUT2D eigenvalue weighted by molar-refractivity contribution is -0.134. The first-order valence-corrected chi connectivity index (χ1v) is 21.4. The second-order valence-electron chi connectivity index (χ2n) is 15.3. The number of thiophene rings is 2. The Morgan fingerprint density at radius 2 is 1.41 bits per heavy atom. The fourth-order valence-electron chi connectivity index (χ4n) is 8.16. The Bertz CT molecular complexity index is 2400. The summed E-state index contributed by atoms with van der Waals surface area (Å²) < 4.78 is 12.1. The molecule has 0 saturated carbocycles. The predicted octanol–water partition coefficient (Wildman–Crippen LogP) is 8.24. The number of ether oxygens (including phenoxy) is 2. The molecule has 8 rings (SSSR count). The van der Waals surface area contributed by atoms with Gasteiger partial charge in [0.05, 0.1) is 26.3 Å². The van der Waals surface area contributed by atoms with Crippen LogP contribution in [0.3, 0.4) is 0 Å². The van der Waals surface area contributed by atoms with Crippen LogP contribution in [0.2, 0.25) is 0 Å². The molecule has 0 unspecified atom stereocenters. The second kappa shape index (κ2) is 17.2. The molecule has 4 aliphatic rings. The van der Waals surface area contributed by atoms with Crippen molar-refractivity contribution in [1.29, 1.82) is 0 Å². The number of aliphatic imine (C=N–C) groups is 2. The van der Waals surface area contributed by atoms with E-state index in [1.54, 1.807) is 27.6 Å². The van der Waals surface area contributed by atoms with Crippen molar-refractivity contribution in [3.05, 3.63) is 107 Å². The number of hydrogen-bond acceptors (Lipinski definition) is 10. The van der Waals surface area contributed by atoms with E-state index in [0.717, 1.165) is 46.5 Å². The van der Waals surface area contributed by atoms with E-state index < -0.39 is 24.3 Å². The third-order valence-corrected chi connectivity index (χ3v) is 13.7. The summed E-state index contributed by atoms with van der Waals surface area (Å²) in [6.45, 7) is 4.91. The molecule has 12 nitrogen and oxygen atoms in total. The number of rotatable bonds is 11. The van der Waals surface area contributed by atoms with Gasteiger partial charge >= 0.3 is 12.2 Å². The molecule has 0 bridgehead atoms. The van der Waals surface area contributed by atoms with Crippen molar-refractivity contribution >= 4 is 78.6 Å². The van der Waals surface area contributed by atoms with Crippen molar-refractivity contribution in [1.82, 2.24) is 20.4 Å². The minimum absolute atomic E-state index is 0.0810. The fraction of sp³-hybridized carbons (Fsp3) is 0.333. The summed E-state index contributed by atoms with van der Waals surface area (Å²) in [5.74, 6) is -0.400. The number of benzene rings is 2. The van der Waals surface area contributed by atoms with Gasteiger partial charge in [-0.2, -0.15) is 0 Å². The van der Waals surface area contributed by atoms with E-state index >= 15 is 0 Å². The molecule has 4 atom stereocenters. The number of amides is 4. The third-order valence-electron chi connectivity index (χ3n) is 11.3. The van der Waals surface area contributed by atoms with Gasteiger partial charge in [0.15, 0.2) is 0 Å². The molecule has 1 fully saturated rings. The third kappa shape index (κ3) is 8.24. The van der Waals surface area contributed by atoms with Gasteiger partial charge in [0.1, 0.15) is 12.1 Å². The fourth-order valence-corrected chi connectivity index (χ4v) is 10.6. The van der Waals surface area contributed by atoms with Crippen molar-refractivity contribution in [2.45, 2.75) is 63.7 Å². The Balaban J connectivity index is 0.883. The Kier molecular flexibility index (Phi) is 11.6. The highest BCUT2D eigenvalue weighted by atomic mass is 32.1. The maximum Gasteiger partial charge on any atom is 0.407 e. The Hall–Kier alpha value is -5.86. The lowest BCUT2D eigenvalue weighted by Crippen LogP contribution is -2.53. The second-order valence-corrected chi connectivity index (χ2v) is 17.5. The van der Waals surface area contributed by atoms with Gasteiger partial charge in [0.2, 0.25) is 5.91 Å². The summed E-state index contributed by atoms with van der Waals surface area (Å²) in [7, 11) is 2.59. The van der Waals surface area contributed by atoms with Gasteiger partial charge in [0, 0.05) is 68.9 Å². The molecule has 2 N–H and O–H groups in total. The van der Waals surface area contributed by atoms with Crippen LogP contribution in [0, 0.1) is 5.92 Å². The Morgan fingerprint density at radius 3 is 2.14 bits per heavy atom. The zero-order valence-corrected chi connectivity index (χ0v) is 35.0. The number of carbonyl (C=O) groups is 4. The number of fused-ring (bicyclic) bond motifs is 1. The Labute approximate surface area is 351 Å². The number of likely N-dealkylation sites (tertiary alicyclic amines) is 1. The minimum Gasteiger partial charge on any atom is -0.453 e. The SMILES string of the molecule is COC(=O)N[C@H](C(=O)N1CCC[C@H]1C1=NC=C(c2cc3sc(-c4ccc(C5=CN=C([C@@H]6C=CCN6C(=O)[C@H](NC(=O)OC)c6ccccc6)C5)cc4)cc3s2)C1)C(C)C. The van der Waals surface area contributed by atoms with E-state index in [4.69, 9.17) is 19.5 Å². The van der Waals surface area contributed by atoms with Crippen molar-refractivity contribution in [3.8, 4) is 10.4 Å². The predicted molar refractivity (Wildman–Crippen MR) is 233 cm³/mol. The lowest BCUT2D eigenvalue weighted by Gasteiger charge is -2.31. The summed E-state index contributed by atoms with van der Waals surface area (Å²) in [6, 6.07) is 20.3. The van der Waals surface area contributed by atoms with Gasteiger partial charge in [-0.1, -0.05) is 80.6 Å². The van der Waals surface area contributed by atoms with Crippen molar-refractivity contribution in [3.63, 3.8) is 0 Å². The molecule has 4 aromatic rings. The average molecular weight is 831 g/mol. The molecule has 6 heterocycles. The lowest BCUT2D eigenvalue weighted by atomic mass is 9.98. The molecule has 304 valence electrons. The van der Waals surface area contributed by atoms with Crippen LogP contribution < -0.4 is 10.6 Å². The highest BCUT2D eigenvalue weighted by Gasteiger charge is 2.39.